The van der Waals surface area contributed by atoms with E-state index < -0.39 is 24.6 Å². The monoisotopic (exact) mass is 534 g/mol. The Morgan fingerprint density at radius 3 is 2.49 bits per heavy atom. The van der Waals surface area contributed by atoms with Crippen molar-refractivity contribution in [2.45, 2.75) is 64.1 Å². The highest BCUT2D eigenvalue weighted by molar-refractivity contribution is 5.85. The van der Waals surface area contributed by atoms with E-state index in [4.69, 9.17) is 15.1 Å². The third-order valence-electron chi connectivity index (χ3n) is 6.80. The molecule has 0 saturated heterocycles. The zero-order chi connectivity index (χ0) is 28.3. The van der Waals surface area contributed by atoms with Crippen LogP contribution in [0.3, 0.4) is 0 Å². The number of carboxylic acid groups (broad SMARTS) is 1. The summed E-state index contributed by atoms with van der Waals surface area (Å²) in [5.74, 6) is -0.814. The summed E-state index contributed by atoms with van der Waals surface area (Å²) in [6.07, 6.45) is 4.73. The van der Waals surface area contributed by atoms with Crippen molar-refractivity contribution >= 4 is 18.0 Å². The smallest absolute Gasteiger partial charge is 0.305 e. The minimum absolute atomic E-state index is 0.0116. The van der Waals surface area contributed by atoms with Crippen LogP contribution in [-0.4, -0.2) is 62.5 Å². The van der Waals surface area contributed by atoms with E-state index in [0.29, 0.717) is 5.95 Å². The Labute approximate surface area is 227 Å². The van der Waals surface area contributed by atoms with Gasteiger partial charge < -0.3 is 20.2 Å². The zero-order valence-electron chi connectivity index (χ0n) is 22.7. The van der Waals surface area contributed by atoms with Crippen molar-refractivity contribution in [1.29, 1.82) is 0 Å². The Morgan fingerprint density at radius 1 is 1.13 bits per heavy atom. The summed E-state index contributed by atoms with van der Waals surface area (Å²) in [6, 6.07) is 6.35. The number of rotatable bonds is 9. The van der Waals surface area contributed by atoms with Crippen LogP contribution in [-0.2, 0) is 17.6 Å². The van der Waals surface area contributed by atoms with E-state index >= 15 is 0 Å². The fourth-order valence-electron chi connectivity index (χ4n) is 4.97. The molecule has 1 aliphatic rings. The second-order valence-electron chi connectivity index (χ2n) is 10.5. The van der Waals surface area contributed by atoms with Crippen molar-refractivity contribution in [2.75, 3.05) is 19.0 Å². The number of carboxylic acids is 1. The molecule has 0 aliphatic heterocycles. The van der Waals surface area contributed by atoms with Crippen LogP contribution < -0.4 is 4.90 Å². The number of aromatic nitrogens is 3. The van der Waals surface area contributed by atoms with Crippen LogP contribution in [0.2, 0.25) is 0 Å². The highest BCUT2D eigenvalue weighted by Gasteiger charge is 2.26. The molecule has 2 heterocycles. The lowest BCUT2D eigenvalue weighted by atomic mass is 9.87. The molecule has 1 aliphatic carbocycles. The number of fused-ring (bicyclic) bond motifs is 3. The molecular formula is C30H35FN4O4. The number of hydrogen-bond acceptors (Lipinski definition) is 7. The molecule has 3 aromatic rings. The number of nitrogens with zero attached hydrogens (tertiary/aromatic N) is 4. The van der Waals surface area contributed by atoms with Crippen molar-refractivity contribution in [3.8, 4) is 22.4 Å². The minimum Gasteiger partial charge on any atom is -0.481 e. The molecule has 9 heteroatoms. The standard InChI is InChI=1S/C30H35FN4O4/c1-17(2)28-23(13-12-20(36)14-21(37)15-26(38)39)27(18-8-10-19(31)11-9-18)22-6-5-7-25-24(29(22)34-28)16-32-30(33-25)35(3)4/h8-13,16-17,20-21,36-37H,5-7,14-15H2,1-4H3,(H,38,39)/t20-,21-/m1/s1. The minimum atomic E-state index is -1.17. The molecule has 206 valence electrons. The van der Waals surface area contributed by atoms with Crippen molar-refractivity contribution in [3.63, 3.8) is 0 Å². The van der Waals surface area contributed by atoms with Crippen LogP contribution >= 0.6 is 0 Å². The predicted molar refractivity (Wildman–Crippen MR) is 149 cm³/mol. The van der Waals surface area contributed by atoms with E-state index in [1.54, 1.807) is 24.3 Å². The summed E-state index contributed by atoms with van der Waals surface area (Å²) in [7, 11) is 3.81. The van der Waals surface area contributed by atoms with Gasteiger partial charge in [0.1, 0.15) is 5.82 Å². The number of halogens is 1. The second kappa shape index (κ2) is 12.0. The summed E-state index contributed by atoms with van der Waals surface area (Å²) in [6.45, 7) is 4.08. The van der Waals surface area contributed by atoms with Crippen molar-refractivity contribution in [1.82, 2.24) is 15.0 Å². The quantitative estimate of drug-likeness (QED) is 0.364. The molecule has 0 bridgehead atoms. The number of benzene rings is 1. The first kappa shape index (κ1) is 28.3. The van der Waals surface area contributed by atoms with Crippen molar-refractivity contribution in [3.05, 3.63) is 64.9 Å². The van der Waals surface area contributed by atoms with Crippen LogP contribution in [0.25, 0.3) is 28.5 Å². The van der Waals surface area contributed by atoms with E-state index in [2.05, 4.69) is 4.98 Å². The Balaban J connectivity index is 1.91. The van der Waals surface area contributed by atoms with Gasteiger partial charge >= 0.3 is 5.97 Å². The second-order valence-corrected chi connectivity index (χ2v) is 10.5. The predicted octanol–water partition coefficient (Wildman–Crippen LogP) is 4.62. The van der Waals surface area contributed by atoms with Crippen LogP contribution in [0.5, 0.6) is 0 Å². The van der Waals surface area contributed by atoms with E-state index in [1.165, 1.54) is 12.1 Å². The van der Waals surface area contributed by atoms with Crippen LogP contribution in [0.15, 0.2) is 36.5 Å². The Kier molecular flexibility index (Phi) is 8.72. The Morgan fingerprint density at radius 2 is 1.85 bits per heavy atom. The van der Waals surface area contributed by atoms with Gasteiger partial charge in [-0.15, -0.1) is 0 Å². The molecule has 0 fully saturated rings. The van der Waals surface area contributed by atoms with Gasteiger partial charge in [-0.3, -0.25) is 9.78 Å². The first-order chi connectivity index (χ1) is 18.5. The lowest BCUT2D eigenvalue weighted by Crippen LogP contribution is -2.19. The molecule has 0 saturated carbocycles. The topological polar surface area (TPSA) is 120 Å². The first-order valence-corrected chi connectivity index (χ1v) is 13.2. The molecule has 0 unspecified atom stereocenters. The van der Waals surface area contributed by atoms with Gasteiger partial charge in [0.25, 0.3) is 0 Å². The van der Waals surface area contributed by atoms with Crippen molar-refractivity contribution < 1.29 is 24.5 Å². The maximum absolute atomic E-state index is 13.9. The van der Waals surface area contributed by atoms with Gasteiger partial charge in [0.05, 0.1) is 35.7 Å². The lowest BCUT2D eigenvalue weighted by Gasteiger charge is -2.22. The molecule has 1 aromatic carbocycles. The van der Waals surface area contributed by atoms with E-state index in [-0.39, 0.29) is 18.2 Å². The van der Waals surface area contributed by atoms with E-state index in [0.717, 1.165) is 64.2 Å². The number of pyridine rings is 1. The number of aliphatic carboxylic acids is 1. The summed E-state index contributed by atoms with van der Waals surface area (Å²) in [5.41, 5.74) is 6.96. The van der Waals surface area contributed by atoms with Gasteiger partial charge in [0.2, 0.25) is 5.95 Å². The molecule has 3 N–H and O–H groups in total. The number of carbonyl (C=O) groups is 1. The fraction of sp³-hybridized carbons (Fsp3) is 0.400. The molecule has 39 heavy (non-hydrogen) atoms. The van der Waals surface area contributed by atoms with Gasteiger partial charge in [0, 0.05) is 37.8 Å². The molecule has 0 spiro atoms. The van der Waals surface area contributed by atoms with Crippen molar-refractivity contribution in [2.24, 2.45) is 0 Å². The number of aliphatic hydroxyl groups is 2. The number of anilines is 1. The molecule has 0 radical (unpaired) electrons. The van der Waals surface area contributed by atoms with Crippen LogP contribution in [0.4, 0.5) is 10.3 Å². The Hall–Kier alpha value is -3.69. The molecule has 0 amide bonds. The maximum atomic E-state index is 13.9. The van der Waals surface area contributed by atoms with Gasteiger partial charge in [-0.05, 0) is 54.0 Å². The lowest BCUT2D eigenvalue weighted by molar-refractivity contribution is -0.139. The average Bonchev–Trinajstić information content (AvgIpc) is 3.05. The SMILES string of the molecule is CC(C)c1nc2c(c(-c3ccc(F)cc3)c1C=C[C@@H](O)C[C@@H](O)CC(=O)O)CCCc1nc(N(C)C)ncc1-2. The average molecular weight is 535 g/mol. The first-order valence-electron chi connectivity index (χ1n) is 13.2. The summed E-state index contributed by atoms with van der Waals surface area (Å²) in [5, 5.41) is 29.5. The van der Waals surface area contributed by atoms with Gasteiger partial charge in [0.15, 0.2) is 0 Å². The van der Waals surface area contributed by atoms with E-state index in [9.17, 15) is 19.4 Å². The highest BCUT2D eigenvalue weighted by atomic mass is 19.1. The van der Waals surface area contributed by atoms with Gasteiger partial charge in [-0.1, -0.05) is 38.1 Å². The maximum Gasteiger partial charge on any atom is 0.305 e. The van der Waals surface area contributed by atoms with Crippen LogP contribution in [0, 0.1) is 5.82 Å². The fourth-order valence-corrected chi connectivity index (χ4v) is 4.97. The van der Waals surface area contributed by atoms with Crippen LogP contribution in [0.1, 0.15) is 61.5 Å². The summed E-state index contributed by atoms with van der Waals surface area (Å²) < 4.78 is 13.9. The molecule has 2 aromatic heterocycles. The number of aryl methyl sites for hydroxylation is 1. The highest BCUT2D eigenvalue weighted by Crippen LogP contribution is 2.41. The third-order valence-corrected chi connectivity index (χ3v) is 6.80. The molecule has 4 rings (SSSR count). The summed E-state index contributed by atoms with van der Waals surface area (Å²) in [4.78, 5) is 27.3. The third kappa shape index (κ3) is 6.49. The molecular weight excluding hydrogens is 499 g/mol. The summed E-state index contributed by atoms with van der Waals surface area (Å²) >= 11 is 0. The van der Waals surface area contributed by atoms with Gasteiger partial charge in [-0.2, -0.15) is 0 Å². The molecule has 8 nitrogen and oxygen atoms in total. The molecule has 2 atom stereocenters. The van der Waals surface area contributed by atoms with E-state index in [1.807, 2.05) is 39.0 Å². The number of hydrogen-bond donors (Lipinski definition) is 3. The largest absolute Gasteiger partial charge is 0.481 e. The van der Waals surface area contributed by atoms with Gasteiger partial charge in [-0.25, -0.2) is 14.4 Å². The normalized spacial score (nSPS) is 14.6. The Bertz CT molecular complexity index is 1370. The zero-order valence-corrected chi connectivity index (χ0v) is 22.7. The number of aliphatic hydroxyl groups excluding tert-OH is 2.